The number of nitrogens with one attached hydrogen (secondary N) is 1. The number of anilines is 1. The second kappa shape index (κ2) is 5.13. The molecule has 0 saturated heterocycles. The van der Waals surface area contributed by atoms with Gasteiger partial charge in [-0.3, -0.25) is 0 Å². The van der Waals surface area contributed by atoms with E-state index in [0.717, 1.165) is 30.0 Å². The van der Waals surface area contributed by atoms with E-state index in [4.69, 9.17) is 0 Å². The molecule has 0 atom stereocenters. The molecular weight excluding hydrogens is 321 g/mol. The molecule has 5 heteroatoms. The minimum absolute atomic E-state index is 0.280. The van der Waals surface area contributed by atoms with Gasteiger partial charge in [-0.15, -0.1) is 0 Å². The summed E-state index contributed by atoms with van der Waals surface area (Å²) in [7, 11) is 1.83. The molecule has 0 bridgehead atoms. The number of hydrogen-bond acceptors (Lipinski definition) is 3. The maximum absolute atomic E-state index is 14.3. The largest absolute Gasteiger partial charge is 0.373 e. The predicted molar refractivity (Wildman–Crippen MR) is 81.4 cm³/mol. The fraction of sp³-hybridized carbons (Fsp3) is 0.333. The summed E-state index contributed by atoms with van der Waals surface area (Å²) in [5, 5.41) is 3.08. The third-order valence-electron chi connectivity index (χ3n) is 3.55. The van der Waals surface area contributed by atoms with Crippen molar-refractivity contribution in [1.29, 1.82) is 0 Å². The number of halogens is 2. The Hall–Kier alpha value is -1.49. The van der Waals surface area contributed by atoms with Crippen molar-refractivity contribution in [3.63, 3.8) is 0 Å². The lowest BCUT2D eigenvalue weighted by Crippen LogP contribution is -2.05. The van der Waals surface area contributed by atoms with Crippen LogP contribution in [0.1, 0.15) is 30.1 Å². The fourth-order valence-corrected chi connectivity index (χ4v) is 2.62. The number of nitrogens with zero attached hydrogens (tertiary/aromatic N) is 2. The summed E-state index contributed by atoms with van der Waals surface area (Å²) in [6.07, 6.45) is 2.24. The van der Waals surface area contributed by atoms with Crippen LogP contribution in [0.15, 0.2) is 22.7 Å². The highest BCUT2D eigenvalue weighted by Crippen LogP contribution is 2.40. The zero-order chi connectivity index (χ0) is 14.3. The quantitative estimate of drug-likeness (QED) is 0.909. The monoisotopic (exact) mass is 335 g/mol. The Kier molecular flexibility index (Phi) is 3.46. The third-order valence-corrected chi connectivity index (χ3v) is 4.16. The lowest BCUT2D eigenvalue weighted by Gasteiger charge is -2.13. The van der Waals surface area contributed by atoms with E-state index in [9.17, 15) is 4.39 Å². The first-order valence-corrected chi connectivity index (χ1v) is 7.41. The Bertz CT molecular complexity index is 668. The van der Waals surface area contributed by atoms with Gasteiger partial charge in [0.1, 0.15) is 17.5 Å². The lowest BCUT2D eigenvalue weighted by molar-refractivity contribution is 0.623. The van der Waals surface area contributed by atoms with Crippen molar-refractivity contribution in [1.82, 2.24) is 9.97 Å². The molecular formula is C15H15BrFN3. The standard InChI is InChI=1S/C15H15BrFN3/c1-8-13(10-4-3-5-11(16)12(10)17)19-15(9-6-7-9)20-14(8)18-2/h3-5,9H,6-7H2,1-2H3,(H,18,19,20). The molecule has 1 aromatic heterocycles. The number of aromatic nitrogens is 2. The average molecular weight is 336 g/mol. The Morgan fingerprint density at radius 2 is 2.05 bits per heavy atom. The zero-order valence-electron chi connectivity index (χ0n) is 11.4. The summed E-state index contributed by atoms with van der Waals surface area (Å²) in [6.45, 7) is 1.91. The Balaban J connectivity index is 2.21. The molecule has 0 aliphatic heterocycles. The van der Waals surface area contributed by atoms with E-state index in [1.165, 1.54) is 0 Å². The first-order chi connectivity index (χ1) is 9.61. The van der Waals surface area contributed by atoms with Gasteiger partial charge in [0, 0.05) is 24.1 Å². The molecule has 1 aromatic carbocycles. The molecule has 2 aromatic rings. The van der Waals surface area contributed by atoms with Crippen molar-refractivity contribution in [3.8, 4) is 11.3 Å². The van der Waals surface area contributed by atoms with Gasteiger partial charge in [-0.05, 0) is 47.8 Å². The molecule has 1 aliphatic rings. The zero-order valence-corrected chi connectivity index (χ0v) is 13.0. The summed E-state index contributed by atoms with van der Waals surface area (Å²) in [5.74, 6) is 1.74. The van der Waals surface area contributed by atoms with Crippen LogP contribution in [-0.4, -0.2) is 17.0 Å². The van der Waals surface area contributed by atoms with Crippen molar-refractivity contribution in [3.05, 3.63) is 39.9 Å². The SMILES string of the molecule is CNc1nc(C2CC2)nc(-c2cccc(Br)c2F)c1C. The van der Waals surface area contributed by atoms with Gasteiger partial charge in [0.05, 0.1) is 10.2 Å². The van der Waals surface area contributed by atoms with E-state index in [2.05, 4.69) is 31.2 Å². The van der Waals surface area contributed by atoms with Crippen LogP contribution in [0.25, 0.3) is 11.3 Å². The highest BCUT2D eigenvalue weighted by molar-refractivity contribution is 9.10. The fourth-order valence-electron chi connectivity index (χ4n) is 2.25. The summed E-state index contributed by atoms with van der Waals surface area (Å²) < 4.78 is 14.8. The molecule has 104 valence electrons. The topological polar surface area (TPSA) is 37.8 Å². The number of benzene rings is 1. The molecule has 1 aliphatic carbocycles. The van der Waals surface area contributed by atoms with Crippen molar-refractivity contribution in [2.75, 3.05) is 12.4 Å². The van der Waals surface area contributed by atoms with Crippen LogP contribution in [0, 0.1) is 12.7 Å². The van der Waals surface area contributed by atoms with Crippen molar-refractivity contribution in [2.24, 2.45) is 0 Å². The molecule has 3 rings (SSSR count). The Morgan fingerprint density at radius 3 is 2.70 bits per heavy atom. The Morgan fingerprint density at radius 1 is 1.30 bits per heavy atom. The van der Waals surface area contributed by atoms with Crippen molar-refractivity contribution >= 4 is 21.7 Å². The number of hydrogen-bond donors (Lipinski definition) is 1. The molecule has 1 N–H and O–H groups in total. The van der Waals surface area contributed by atoms with E-state index < -0.39 is 0 Å². The number of rotatable bonds is 3. The minimum Gasteiger partial charge on any atom is -0.373 e. The second-order valence-corrected chi connectivity index (χ2v) is 5.88. The Labute approximate surface area is 125 Å². The van der Waals surface area contributed by atoms with E-state index in [1.54, 1.807) is 12.1 Å². The molecule has 0 spiro atoms. The summed E-state index contributed by atoms with van der Waals surface area (Å²) in [4.78, 5) is 9.14. The van der Waals surface area contributed by atoms with Crippen LogP contribution in [-0.2, 0) is 0 Å². The maximum Gasteiger partial charge on any atom is 0.146 e. The van der Waals surface area contributed by atoms with Crippen LogP contribution in [0.3, 0.4) is 0 Å². The molecule has 1 heterocycles. The van der Waals surface area contributed by atoms with Gasteiger partial charge in [-0.2, -0.15) is 0 Å². The summed E-state index contributed by atoms with van der Waals surface area (Å²) >= 11 is 3.23. The van der Waals surface area contributed by atoms with Crippen LogP contribution in [0.5, 0.6) is 0 Å². The molecule has 3 nitrogen and oxygen atoms in total. The van der Waals surface area contributed by atoms with Gasteiger partial charge < -0.3 is 5.32 Å². The van der Waals surface area contributed by atoms with Gasteiger partial charge in [0.25, 0.3) is 0 Å². The predicted octanol–water partition coefficient (Wildman–Crippen LogP) is 4.27. The van der Waals surface area contributed by atoms with Crippen LogP contribution in [0.2, 0.25) is 0 Å². The van der Waals surface area contributed by atoms with E-state index >= 15 is 0 Å². The summed E-state index contributed by atoms with van der Waals surface area (Å²) in [6, 6.07) is 5.27. The third kappa shape index (κ3) is 2.30. The van der Waals surface area contributed by atoms with Gasteiger partial charge in [-0.25, -0.2) is 14.4 Å². The van der Waals surface area contributed by atoms with Crippen molar-refractivity contribution < 1.29 is 4.39 Å². The molecule has 1 saturated carbocycles. The molecule has 1 fully saturated rings. The van der Waals surface area contributed by atoms with E-state index in [0.29, 0.717) is 21.6 Å². The van der Waals surface area contributed by atoms with Gasteiger partial charge in [0.15, 0.2) is 0 Å². The minimum atomic E-state index is -0.280. The van der Waals surface area contributed by atoms with Crippen LogP contribution >= 0.6 is 15.9 Å². The maximum atomic E-state index is 14.3. The lowest BCUT2D eigenvalue weighted by atomic mass is 10.1. The van der Waals surface area contributed by atoms with Crippen LogP contribution in [0.4, 0.5) is 10.2 Å². The molecule has 20 heavy (non-hydrogen) atoms. The first kappa shape index (κ1) is 13.5. The molecule has 0 radical (unpaired) electrons. The van der Waals surface area contributed by atoms with E-state index in [1.807, 2.05) is 20.0 Å². The summed E-state index contributed by atoms with van der Waals surface area (Å²) in [5.41, 5.74) is 2.05. The molecule has 0 unspecified atom stereocenters. The van der Waals surface area contributed by atoms with Gasteiger partial charge in [0.2, 0.25) is 0 Å². The normalized spacial score (nSPS) is 14.4. The smallest absolute Gasteiger partial charge is 0.146 e. The highest BCUT2D eigenvalue weighted by atomic mass is 79.9. The van der Waals surface area contributed by atoms with Gasteiger partial charge in [-0.1, -0.05) is 6.07 Å². The van der Waals surface area contributed by atoms with E-state index in [-0.39, 0.29) is 5.82 Å². The first-order valence-electron chi connectivity index (χ1n) is 6.62. The second-order valence-electron chi connectivity index (χ2n) is 5.03. The van der Waals surface area contributed by atoms with Crippen LogP contribution < -0.4 is 5.32 Å². The average Bonchev–Trinajstić information content (AvgIpc) is 3.27. The highest BCUT2D eigenvalue weighted by Gasteiger charge is 2.28. The van der Waals surface area contributed by atoms with Gasteiger partial charge >= 0.3 is 0 Å². The van der Waals surface area contributed by atoms with Crippen molar-refractivity contribution in [2.45, 2.75) is 25.7 Å². The molecule has 0 amide bonds.